The molecule has 4 aliphatic rings. The normalized spacial score (nSPS) is 14.9. The highest BCUT2D eigenvalue weighted by Gasteiger charge is 2.52. The first-order valence-electron chi connectivity index (χ1n) is 28.2. The van der Waals surface area contributed by atoms with Crippen LogP contribution in [0.25, 0.3) is 65.3 Å². The van der Waals surface area contributed by atoms with Crippen LogP contribution < -0.4 is 14.7 Å². The third-order valence-corrected chi connectivity index (χ3v) is 18.2. The Morgan fingerprint density at radius 3 is 1.22 bits per heavy atom. The van der Waals surface area contributed by atoms with Crippen molar-refractivity contribution in [3.8, 4) is 22.3 Å². The molecule has 16 rings (SSSR count). The van der Waals surface area contributed by atoms with E-state index >= 15 is 19.2 Å². The Hall–Kier alpha value is -9.98. The second kappa shape index (κ2) is 16.6. The SMILES string of the molecule is CC(C)(C)c1ccc(C(C)(C)C)c(N2C(=O)c3ccc4c5ccc6c7c(ccc(c8ccc(c3c48)C2=O)c75)C(=O)N(c2ccc3c(c2)C2(c4ccccc4-c4ccccc42)c2cc(N(c4ccccc4)c4ccccc4)ccc2-3)C6=O)c1. The fraction of sp³-hybridized carbons (Fsp3) is 0.120. The lowest BCUT2D eigenvalue weighted by atomic mass is 9.70. The van der Waals surface area contributed by atoms with Gasteiger partial charge in [-0.2, -0.15) is 0 Å². The van der Waals surface area contributed by atoms with E-state index in [0.29, 0.717) is 44.4 Å². The number of imide groups is 2. The molecular formula is C75H53N3O4. The van der Waals surface area contributed by atoms with Crippen molar-refractivity contribution in [3.05, 3.63) is 268 Å². The summed E-state index contributed by atoms with van der Waals surface area (Å²) in [6.45, 7) is 12.7. The molecule has 1 spiro atoms. The van der Waals surface area contributed by atoms with Crippen molar-refractivity contribution in [3.63, 3.8) is 0 Å². The van der Waals surface area contributed by atoms with Gasteiger partial charge in [0.15, 0.2) is 0 Å². The fourth-order valence-corrected chi connectivity index (χ4v) is 14.5. The summed E-state index contributed by atoms with van der Waals surface area (Å²) in [5.41, 5.74) is 15.3. The van der Waals surface area contributed by atoms with Gasteiger partial charge in [-0.1, -0.05) is 175 Å². The number of nitrogens with zero attached hydrogens (tertiary/aromatic N) is 3. The molecule has 82 heavy (non-hydrogen) atoms. The largest absolute Gasteiger partial charge is 0.310 e. The Balaban J connectivity index is 0.842. The molecule has 0 saturated carbocycles. The van der Waals surface area contributed by atoms with E-state index in [1.807, 2.05) is 72.8 Å². The molecule has 0 saturated heterocycles. The number of hydrogen-bond acceptors (Lipinski definition) is 5. The summed E-state index contributed by atoms with van der Waals surface area (Å²) in [4.78, 5) is 66.2. The molecule has 0 unspecified atom stereocenters. The number of rotatable bonds is 5. The lowest BCUT2D eigenvalue weighted by Gasteiger charge is -2.34. The van der Waals surface area contributed by atoms with E-state index in [9.17, 15) is 0 Å². The Morgan fingerprint density at radius 1 is 0.329 bits per heavy atom. The van der Waals surface area contributed by atoms with Crippen LogP contribution in [0.1, 0.15) is 116 Å². The Bertz CT molecular complexity index is 4660. The van der Waals surface area contributed by atoms with Crippen molar-refractivity contribution in [1.82, 2.24) is 0 Å². The zero-order valence-electron chi connectivity index (χ0n) is 46.2. The monoisotopic (exact) mass is 1060 g/mol. The summed E-state index contributed by atoms with van der Waals surface area (Å²) in [5, 5.41) is 6.19. The minimum absolute atomic E-state index is 0.219. The summed E-state index contributed by atoms with van der Waals surface area (Å²) < 4.78 is 0. The summed E-state index contributed by atoms with van der Waals surface area (Å²) in [6, 6.07) is 72.5. The second-order valence-electron chi connectivity index (χ2n) is 24.6. The van der Waals surface area contributed by atoms with Crippen molar-refractivity contribution >= 4 is 95.2 Å². The maximum absolute atomic E-state index is 15.5. The van der Waals surface area contributed by atoms with Gasteiger partial charge in [-0.15, -0.1) is 0 Å². The number of anilines is 5. The number of amides is 4. The zero-order chi connectivity index (χ0) is 55.9. The third-order valence-electron chi connectivity index (χ3n) is 18.2. The number of carbonyl (C=O) groups excluding carboxylic acids is 4. The van der Waals surface area contributed by atoms with E-state index in [4.69, 9.17) is 0 Å². The molecule has 4 amide bonds. The first kappa shape index (κ1) is 48.0. The van der Waals surface area contributed by atoms with Crippen molar-refractivity contribution in [2.45, 2.75) is 57.8 Å². The summed E-state index contributed by atoms with van der Waals surface area (Å²) in [7, 11) is 0. The maximum atomic E-state index is 15.5. The highest BCUT2D eigenvalue weighted by molar-refractivity contribution is 6.45. The molecule has 12 aromatic rings. The molecule has 2 heterocycles. The van der Waals surface area contributed by atoms with Gasteiger partial charge in [0, 0.05) is 50.1 Å². The molecule has 2 aliphatic carbocycles. The molecule has 0 N–H and O–H groups in total. The summed E-state index contributed by atoms with van der Waals surface area (Å²) in [6.07, 6.45) is 0. The highest BCUT2D eigenvalue weighted by Crippen LogP contribution is 2.64. The van der Waals surface area contributed by atoms with Crippen LogP contribution in [0.5, 0.6) is 0 Å². The van der Waals surface area contributed by atoms with Crippen LogP contribution in [0.3, 0.4) is 0 Å². The predicted molar refractivity (Wildman–Crippen MR) is 331 cm³/mol. The fourth-order valence-electron chi connectivity index (χ4n) is 14.5. The van der Waals surface area contributed by atoms with Crippen LogP contribution in [-0.4, -0.2) is 23.6 Å². The van der Waals surface area contributed by atoms with Crippen LogP contribution in [0, 0.1) is 0 Å². The molecule has 0 atom stereocenters. The molecule has 7 nitrogen and oxygen atoms in total. The Labute approximate surface area is 474 Å². The van der Waals surface area contributed by atoms with Gasteiger partial charge in [0.05, 0.1) is 16.8 Å². The number of para-hydroxylation sites is 2. The van der Waals surface area contributed by atoms with Crippen molar-refractivity contribution < 1.29 is 19.2 Å². The van der Waals surface area contributed by atoms with E-state index in [0.717, 1.165) is 105 Å². The topological polar surface area (TPSA) is 78.0 Å². The van der Waals surface area contributed by atoms with Crippen LogP contribution in [0.15, 0.2) is 212 Å². The third kappa shape index (κ3) is 6.25. The van der Waals surface area contributed by atoms with E-state index in [1.165, 1.54) is 9.80 Å². The molecular weight excluding hydrogens is 1010 g/mol. The molecule has 12 aromatic carbocycles. The average molecular weight is 1060 g/mol. The van der Waals surface area contributed by atoms with Crippen molar-refractivity contribution in [2.75, 3.05) is 14.7 Å². The highest BCUT2D eigenvalue weighted by atomic mass is 16.2. The molecule has 392 valence electrons. The number of benzene rings is 12. The van der Waals surface area contributed by atoms with Crippen LogP contribution in [0.4, 0.5) is 28.4 Å². The number of carbonyl (C=O) groups is 4. The first-order valence-corrected chi connectivity index (χ1v) is 28.2. The predicted octanol–water partition coefficient (Wildman–Crippen LogP) is 17.7. The van der Waals surface area contributed by atoms with Gasteiger partial charge in [-0.05, 0) is 178 Å². The molecule has 0 fully saturated rings. The standard InChI is InChI=1S/C75H53N3O4/c1-73(2,3)42-25-38-61(74(4,5)6)64(39-42)78-71(81)57-36-32-53-51-30-34-55-67-56(35-31-52(65(51)67)54-33-37-58(72(78)82)68(57)66(53)54)70(80)77(69(55)79)46-27-29-50-49-28-26-45(76(43-17-9-7-10-18-43)44-19-11-8-12-20-44)40-62(49)75(63(50)41-46)59-23-15-13-21-47(59)48-22-14-16-24-60(48)75/h7-41H,1-6H3. The lowest BCUT2D eigenvalue weighted by molar-refractivity contribution is 0.0877. The maximum Gasteiger partial charge on any atom is 0.265 e. The summed E-state index contributed by atoms with van der Waals surface area (Å²) >= 11 is 0. The van der Waals surface area contributed by atoms with E-state index in [2.05, 4.69) is 186 Å². The van der Waals surface area contributed by atoms with E-state index in [-0.39, 0.29) is 22.6 Å². The number of hydrogen-bond donors (Lipinski definition) is 0. The van der Waals surface area contributed by atoms with Crippen LogP contribution in [0.2, 0.25) is 0 Å². The quantitative estimate of drug-likeness (QED) is 0.0975. The van der Waals surface area contributed by atoms with Crippen LogP contribution >= 0.6 is 0 Å². The Morgan fingerprint density at radius 2 is 0.744 bits per heavy atom. The molecule has 2 aliphatic heterocycles. The minimum Gasteiger partial charge on any atom is -0.310 e. The van der Waals surface area contributed by atoms with Gasteiger partial charge >= 0.3 is 0 Å². The minimum atomic E-state index is -0.793. The van der Waals surface area contributed by atoms with E-state index in [1.54, 1.807) is 0 Å². The molecule has 0 bridgehead atoms. The van der Waals surface area contributed by atoms with Crippen LogP contribution in [-0.2, 0) is 16.2 Å². The number of fused-ring (bicyclic) bond motifs is 12. The van der Waals surface area contributed by atoms with Gasteiger partial charge in [0.25, 0.3) is 23.6 Å². The first-order chi connectivity index (χ1) is 39.6. The summed E-state index contributed by atoms with van der Waals surface area (Å²) in [5.74, 6) is -1.54. The molecule has 0 radical (unpaired) electrons. The van der Waals surface area contributed by atoms with E-state index < -0.39 is 17.2 Å². The van der Waals surface area contributed by atoms with Gasteiger partial charge in [0.1, 0.15) is 0 Å². The average Bonchev–Trinajstić information content (AvgIpc) is 1.50. The lowest BCUT2D eigenvalue weighted by Crippen LogP contribution is -2.42. The zero-order valence-corrected chi connectivity index (χ0v) is 46.2. The van der Waals surface area contributed by atoms with Gasteiger partial charge in [0.2, 0.25) is 0 Å². The molecule has 0 aromatic heterocycles. The van der Waals surface area contributed by atoms with Gasteiger partial charge < -0.3 is 4.90 Å². The van der Waals surface area contributed by atoms with Gasteiger partial charge in [-0.3, -0.25) is 19.2 Å². The smallest absolute Gasteiger partial charge is 0.265 e. The van der Waals surface area contributed by atoms with Crippen molar-refractivity contribution in [1.29, 1.82) is 0 Å². The second-order valence-corrected chi connectivity index (χ2v) is 24.6. The van der Waals surface area contributed by atoms with Gasteiger partial charge in [-0.25, -0.2) is 9.80 Å². The Kier molecular flexibility index (Phi) is 9.69. The molecule has 7 heteroatoms. The van der Waals surface area contributed by atoms with Crippen molar-refractivity contribution in [2.24, 2.45) is 0 Å².